The number of nitrogens with zero attached hydrogens (tertiary/aromatic N) is 2. The van der Waals surface area contributed by atoms with Gasteiger partial charge in [0.25, 0.3) is 0 Å². The van der Waals surface area contributed by atoms with E-state index in [0.717, 1.165) is 72.3 Å². The summed E-state index contributed by atoms with van der Waals surface area (Å²) in [5.41, 5.74) is 13.8. The molecule has 0 amide bonds. The first-order chi connectivity index (χ1) is 23.3. The number of allylic oxidation sites excluding steroid dienone is 4. The number of ether oxygens (including phenoxy) is 2. The average molecular weight is 778 g/mol. The Kier molecular flexibility index (Phi) is 16.0. The molecule has 2 aliphatic heterocycles. The summed E-state index contributed by atoms with van der Waals surface area (Å²) in [5.74, 6) is -1.78. The second-order valence-corrected chi connectivity index (χ2v) is 12.6. The van der Waals surface area contributed by atoms with Crippen molar-refractivity contribution in [3.05, 3.63) is 69.3 Å². The Balaban J connectivity index is 0.00000174. The van der Waals surface area contributed by atoms with Crippen LogP contribution in [0.2, 0.25) is 0 Å². The molecule has 8 bridgehead atoms. The molecular weight excluding hydrogens is 728 g/mol. The third kappa shape index (κ3) is 9.42. The average Bonchev–Trinajstić information content (AvgIpc) is 3.71. The van der Waals surface area contributed by atoms with Gasteiger partial charge in [-0.15, -0.1) is 12.4 Å². The van der Waals surface area contributed by atoms with Gasteiger partial charge in [-0.25, -0.2) is 9.97 Å². The minimum absolute atomic E-state index is 0. The SMILES string of the molecule is CNC.COC(C)c1c(C)c2cc3[nH]c(cc4nc(cc5nc(cc1[nH]2)C(C)=C5CCC(=O)O)C(CCC(=O)O)=C4C)c(C)c3C(C)OC.Cl.[Ga]. The Bertz CT molecular complexity index is 2000. The van der Waals surface area contributed by atoms with Gasteiger partial charge in [-0.1, -0.05) is 0 Å². The zero-order valence-corrected chi connectivity index (χ0v) is 34.4. The molecule has 5 rings (SSSR count). The van der Waals surface area contributed by atoms with Gasteiger partial charge in [0.15, 0.2) is 0 Å². The van der Waals surface area contributed by atoms with Gasteiger partial charge in [0.05, 0.1) is 35.0 Å². The van der Waals surface area contributed by atoms with Crippen LogP contribution < -0.4 is 5.32 Å². The molecule has 0 spiro atoms. The summed E-state index contributed by atoms with van der Waals surface area (Å²) in [5, 5.41) is 21.8. The number of carboxylic acid groups (broad SMARTS) is 2. The van der Waals surface area contributed by atoms with Crippen LogP contribution >= 0.6 is 12.4 Å². The van der Waals surface area contributed by atoms with Crippen molar-refractivity contribution in [3.63, 3.8) is 0 Å². The Hall–Kier alpha value is -3.65. The second kappa shape index (κ2) is 18.7. The van der Waals surface area contributed by atoms with Crippen LogP contribution in [-0.4, -0.2) is 90.2 Å². The standard InChI is InChI=1S/C36H42N4O6.C2H7N.ClH.Ga/c1-17-23(9-11-33(41)42)29-16-30-24(10-12-34(43)44)18(2)26(38-30)14-31-36(22(6)46-8)20(4)28(40-31)15-32-35(21(5)45-7)19(3)27(39-32)13-25(17)37-29;1-3-2;;/h13-16,21-22,39-40H,9-12H2,1-8H3,(H,41,42)(H,43,44);3H,1-2H3;1H;. The minimum atomic E-state index is -0.893. The Morgan fingerprint density at radius 3 is 1.41 bits per heavy atom. The molecule has 0 fully saturated rings. The van der Waals surface area contributed by atoms with Gasteiger partial charge >= 0.3 is 11.9 Å². The topological polar surface area (TPSA) is 162 Å². The fraction of sp³-hybridized carbons (Fsp3) is 0.421. The number of hydrogen-bond donors (Lipinski definition) is 5. The summed E-state index contributed by atoms with van der Waals surface area (Å²) in [6, 6.07) is 7.97. The summed E-state index contributed by atoms with van der Waals surface area (Å²) in [4.78, 5) is 40.5. The first kappa shape index (κ1) is 43.5. The van der Waals surface area contributed by atoms with E-state index in [-0.39, 0.29) is 57.2 Å². The number of aliphatic carboxylic acids is 2. The maximum Gasteiger partial charge on any atom is 0.303 e. The number of methoxy groups -OCH3 is 2. The molecule has 0 saturated carbocycles. The van der Waals surface area contributed by atoms with Crippen molar-refractivity contribution >= 4 is 88.5 Å². The maximum absolute atomic E-state index is 11.6. The third-order valence-electron chi connectivity index (χ3n) is 9.33. The summed E-state index contributed by atoms with van der Waals surface area (Å²) in [7, 11) is 7.13. The summed E-state index contributed by atoms with van der Waals surface area (Å²) in [6.07, 6.45) is 0.106. The molecule has 0 aliphatic carbocycles. The van der Waals surface area contributed by atoms with E-state index in [0.29, 0.717) is 29.9 Å². The number of halogens is 1. The molecule has 2 aliphatic rings. The maximum atomic E-state index is 11.6. The quantitative estimate of drug-likeness (QED) is 0.129. The molecule has 0 saturated heterocycles. The number of rotatable bonds is 10. The number of carbonyl (C=O) groups is 2. The van der Waals surface area contributed by atoms with Crippen molar-refractivity contribution in [2.45, 2.75) is 79.4 Å². The summed E-state index contributed by atoms with van der Waals surface area (Å²) >= 11 is 0. The van der Waals surface area contributed by atoms with E-state index in [1.807, 2.05) is 60.0 Å². The van der Waals surface area contributed by atoms with E-state index in [1.54, 1.807) is 14.2 Å². The third-order valence-corrected chi connectivity index (χ3v) is 9.33. The van der Waals surface area contributed by atoms with Gasteiger partial charge in [-0.05, 0) is 126 Å². The van der Waals surface area contributed by atoms with Gasteiger partial charge in [-0.2, -0.15) is 0 Å². The number of aromatic nitrogens is 4. The molecule has 0 aromatic carbocycles. The molecule has 2 unspecified atom stereocenters. The van der Waals surface area contributed by atoms with E-state index in [2.05, 4.69) is 35.2 Å². The monoisotopic (exact) mass is 776 g/mol. The number of hydrogen-bond acceptors (Lipinski definition) is 7. The van der Waals surface area contributed by atoms with Crippen LogP contribution in [0.3, 0.4) is 0 Å². The molecule has 3 aromatic heterocycles. The molecule has 273 valence electrons. The van der Waals surface area contributed by atoms with Crippen molar-refractivity contribution in [2.75, 3.05) is 28.3 Å². The predicted molar refractivity (Wildman–Crippen MR) is 208 cm³/mol. The Morgan fingerprint density at radius 1 is 0.686 bits per heavy atom. The van der Waals surface area contributed by atoms with Crippen molar-refractivity contribution in [1.82, 2.24) is 25.3 Å². The van der Waals surface area contributed by atoms with Crippen LogP contribution in [-0.2, 0) is 19.1 Å². The Labute approximate surface area is 318 Å². The molecule has 3 aromatic rings. The van der Waals surface area contributed by atoms with Gasteiger partial charge in [0, 0.05) is 80.0 Å². The largest absolute Gasteiger partial charge is 0.481 e. The number of aromatic amines is 2. The van der Waals surface area contributed by atoms with Crippen LogP contribution in [0.25, 0.3) is 44.4 Å². The molecule has 51 heavy (non-hydrogen) atoms. The van der Waals surface area contributed by atoms with Crippen molar-refractivity contribution < 1.29 is 29.3 Å². The second-order valence-electron chi connectivity index (χ2n) is 12.6. The molecule has 3 radical (unpaired) electrons. The number of nitrogens with one attached hydrogen (secondary N) is 3. The van der Waals surface area contributed by atoms with Crippen molar-refractivity contribution in [3.8, 4) is 0 Å². The van der Waals surface area contributed by atoms with E-state index in [4.69, 9.17) is 19.4 Å². The number of H-pyrrole nitrogens is 2. The fourth-order valence-corrected chi connectivity index (χ4v) is 6.52. The predicted octanol–water partition coefficient (Wildman–Crippen LogP) is 7.81. The van der Waals surface area contributed by atoms with E-state index in [9.17, 15) is 19.8 Å². The van der Waals surface area contributed by atoms with Crippen LogP contribution in [0.5, 0.6) is 0 Å². The zero-order valence-electron chi connectivity index (χ0n) is 31.2. The van der Waals surface area contributed by atoms with E-state index >= 15 is 0 Å². The zero-order chi connectivity index (χ0) is 36.2. The Morgan fingerprint density at radius 2 is 1.04 bits per heavy atom. The number of carboxylic acids is 2. The van der Waals surface area contributed by atoms with Crippen LogP contribution in [0.15, 0.2) is 24.3 Å². The summed E-state index contributed by atoms with van der Waals surface area (Å²) in [6.45, 7) is 12.1. The number of fused-ring (bicyclic) bond motifs is 8. The van der Waals surface area contributed by atoms with Crippen molar-refractivity contribution in [1.29, 1.82) is 0 Å². The molecule has 2 atom stereocenters. The normalized spacial score (nSPS) is 13.5. The molecule has 13 heteroatoms. The number of aryl methyl sites for hydroxylation is 2. The van der Waals surface area contributed by atoms with Crippen molar-refractivity contribution in [2.24, 2.45) is 0 Å². The summed E-state index contributed by atoms with van der Waals surface area (Å²) < 4.78 is 11.6. The van der Waals surface area contributed by atoms with Crippen LogP contribution in [0.1, 0.15) is 111 Å². The van der Waals surface area contributed by atoms with E-state index < -0.39 is 11.9 Å². The molecular formula is C38H50ClGaN5O6. The van der Waals surface area contributed by atoms with Gasteiger partial charge in [-0.3, -0.25) is 9.59 Å². The fourth-order valence-electron chi connectivity index (χ4n) is 6.52. The molecule has 5 N–H and O–H groups in total. The van der Waals surface area contributed by atoms with Crippen LogP contribution in [0, 0.1) is 13.8 Å². The minimum Gasteiger partial charge on any atom is -0.481 e. The van der Waals surface area contributed by atoms with E-state index in [1.165, 1.54) is 0 Å². The van der Waals surface area contributed by atoms with Crippen LogP contribution in [0.4, 0.5) is 0 Å². The first-order valence-corrected chi connectivity index (χ1v) is 16.5. The smallest absolute Gasteiger partial charge is 0.303 e. The first-order valence-electron chi connectivity index (χ1n) is 16.5. The van der Waals surface area contributed by atoms with Gasteiger partial charge < -0.3 is 35.0 Å². The van der Waals surface area contributed by atoms with Gasteiger partial charge in [0.1, 0.15) is 0 Å². The molecule has 11 nitrogen and oxygen atoms in total. The molecule has 5 heterocycles. The van der Waals surface area contributed by atoms with Gasteiger partial charge in [0.2, 0.25) is 0 Å².